The number of amides is 2. The van der Waals surface area contributed by atoms with Gasteiger partial charge >= 0.3 is 0 Å². The molecule has 162 valence electrons. The number of aromatic hydroxyl groups is 1. The second-order valence-corrected chi connectivity index (χ2v) is 7.00. The van der Waals surface area contributed by atoms with Gasteiger partial charge in [0.2, 0.25) is 0 Å². The van der Waals surface area contributed by atoms with Crippen LogP contribution in [0.15, 0.2) is 72.8 Å². The van der Waals surface area contributed by atoms with Gasteiger partial charge in [-0.1, -0.05) is 30.3 Å². The van der Waals surface area contributed by atoms with Crippen molar-refractivity contribution in [2.75, 3.05) is 13.1 Å². The molecule has 2 amide bonds. The van der Waals surface area contributed by atoms with Crippen molar-refractivity contribution in [3.63, 3.8) is 0 Å². The number of carbonyl (C=O) groups is 2. The van der Waals surface area contributed by atoms with Crippen molar-refractivity contribution >= 4 is 11.8 Å². The van der Waals surface area contributed by atoms with Crippen LogP contribution in [0.4, 0.5) is 0 Å². The maximum Gasteiger partial charge on any atom is 0.251 e. The Balaban J connectivity index is 1.43. The van der Waals surface area contributed by atoms with Crippen molar-refractivity contribution < 1.29 is 19.4 Å². The van der Waals surface area contributed by atoms with Crippen LogP contribution in [0.1, 0.15) is 38.3 Å². The van der Waals surface area contributed by atoms with Gasteiger partial charge in [0, 0.05) is 29.8 Å². The van der Waals surface area contributed by atoms with Crippen LogP contribution in [0.5, 0.6) is 11.5 Å². The standard InChI is InChI=1S/C25H23N3O4/c26-16-20-6-1-2-7-21(20)17-32-23-11-4-9-19(15-23)25(31)28-13-5-12-27-24(30)18-8-3-10-22(29)14-18/h1-4,6-11,14-15,29H,5,12-13,17H2,(H,27,30)(H,28,31). The lowest BCUT2D eigenvalue weighted by atomic mass is 10.1. The summed E-state index contributed by atoms with van der Waals surface area (Å²) in [5.41, 5.74) is 2.17. The molecule has 0 fully saturated rings. The third-order valence-electron chi connectivity index (χ3n) is 4.66. The predicted molar refractivity (Wildman–Crippen MR) is 119 cm³/mol. The summed E-state index contributed by atoms with van der Waals surface area (Å²) in [6.45, 7) is 1.00. The summed E-state index contributed by atoms with van der Waals surface area (Å²) in [4.78, 5) is 24.4. The fourth-order valence-corrected chi connectivity index (χ4v) is 2.99. The van der Waals surface area contributed by atoms with E-state index in [0.717, 1.165) is 5.56 Å². The fourth-order valence-electron chi connectivity index (χ4n) is 2.99. The zero-order valence-corrected chi connectivity index (χ0v) is 17.4. The van der Waals surface area contributed by atoms with Crippen molar-refractivity contribution in [3.8, 4) is 17.6 Å². The molecule has 0 bridgehead atoms. The maximum absolute atomic E-state index is 12.4. The largest absolute Gasteiger partial charge is 0.508 e. The Hall–Kier alpha value is -4.31. The van der Waals surface area contributed by atoms with Gasteiger partial charge in [-0.3, -0.25) is 9.59 Å². The zero-order chi connectivity index (χ0) is 22.8. The van der Waals surface area contributed by atoms with Gasteiger partial charge < -0.3 is 20.5 Å². The van der Waals surface area contributed by atoms with Crippen molar-refractivity contribution in [3.05, 3.63) is 95.1 Å². The molecule has 3 rings (SSSR count). The summed E-state index contributed by atoms with van der Waals surface area (Å²) < 4.78 is 5.75. The lowest BCUT2D eigenvalue weighted by Crippen LogP contribution is -2.29. The maximum atomic E-state index is 12.4. The van der Waals surface area contributed by atoms with E-state index in [9.17, 15) is 14.7 Å². The minimum absolute atomic E-state index is 0.0328. The zero-order valence-electron chi connectivity index (χ0n) is 17.4. The van der Waals surface area contributed by atoms with Gasteiger partial charge in [0.1, 0.15) is 18.1 Å². The van der Waals surface area contributed by atoms with Gasteiger partial charge in [-0.2, -0.15) is 5.26 Å². The highest BCUT2D eigenvalue weighted by atomic mass is 16.5. The van der Waals surface area contributed by atoms with Gasteiger partial charge in [0.05, 0.1) is 11.6 Å². The monoisotopic (exact) mass is 429 g/mol. The number of hydrogen-bond acceptors (Lipinski definition) is 5. The highest BCUT2D eigenvalue weighted by Crippen LogP contribution is 2.17. The van der Waals surface area contributed by atoms with Crippen LogP contribution >= 0.6 is 0 Å². The molecule has 0 saturated carbocycles. The average Bonchev–Trinajstić information content (AvgIpc) is 2.82. The summed E-state index contributed by atoms with van der Waals surface area (Å²) in [5.74, 6) is 0.0383. The molecule has 0 aromatic heterocycles. The summed E-state index contributed by atoms with van der Waals surface area (Å²) in [6.07, 6.45) is 0.553. The number of nitriles is 1. The number of phenols is 1. The summed E-state index contributed by atoms with van der Waals surface area (Å²) in [5, 5.41) is 24.1. The van der Waals surface area contributed by atoms with Crippen LogP contribution in [0, 0.1) is 11.3 Å². The number of nitrogens with zero attached hydrogens (tertiary/aromatic N) is 1. The predicted octanol–water partition coefficient (Wildman–Crippen LogP) is 3.39. The molecule has 0 radical (unpaired) electrons. The second kappa shape index (κ2) is 11.2. The second-order valence-electron chi connectivity index (χ2n) is 7.00. The highest BCUT2D eigenvalue weighted by Gasteiger charge is 2.08. The van der Waals surface area contributed by atoms with Crippen molar-refractivity contribution in [1.82, 2.24) is 10.6 Å². The number of carbonyl (C=O) groups excluding carboxylic acids is 2. The average molecular weight is 429 g/mol. The first kappa shape index (κ1) is 22.4. The molecular weight excluding hydrogens is 406 g/mol. The molecule has 0 unspecified atom stereocenters. The van der Waals surface area contributed by atoms with Gasteiger partial charge in [-0.05, 0) is 48.9 Å². The Morgan fingerprint density at radius 2 is 1.53 bits per heavy atom. The van der Waals surface area contributed by atoms with E-state index in [0.29, 0.717) is 42.0 Å². The van der Waals surface area contributed by atoms with E-state index >= 15 is 0 Å². The number of rotatable bonds is 9. The fraction of sp³-hybridized carbons (Fsp3) is 0.160. The minimum Gasteiger partial charge on any atom is -0.508 e. The van der Waals surface area contributed by atoms with Crippen molar-refractivity contribution in [1.29, 1.82) is 5.26 Å². The molecule has 0 heterocycles. The van der Waals surface area contributed by atoms with Crippen LogP contribution in [-0.2, 0) is 6.61 Å². The van der Waals surface area contributed by atoms with E-state index in [1.54, 1.807) is 48.5 Å². The summed E-state index contributed by atoms with van der Waals surface area (Å²) >= 11 is 0. The molecule has 0 aliphatic rings. The SMILES string of the molecule is N#Cc1ccccc1COc1cccc(C(=O)NCCCNC(=O)c2cccc(O)c2)c1. The summed E-state index contributed by atoms with van der Waals surface area (Å²) in [6, 6.07) is 22.3. The lowest BCUT2D eigenvalue weighted by Gasteiger charge is -2.10. The van der Waals surface area contributed by atoms with Gasteiger partial charge in [-0.25, -0.2) is 0 Å². The molecule has 7 nitrogen and oxygen atoms in total. The number of ether oxygens (including phenoxy) is 1. The summed E-state index contributed by atoms with van der Waals surface area (Å²) in [7, 11) is 0. The molecule has 0 saturated heterocycles. The van der Waals surface area contributed by atoms with Crippen molar-refractivity contribution in [2.24, 2.45) is 0 Å². The van der Waals surface area contributed by atoms with Crippen LogP contribution < -0.4 is 15.4 Å². The van der Waals surface area contributed by atoms with Gasteiger partial charge in [0.15, 0.2) is 0 Å². The number of hydrogen-bond donors (Lipinski definition) is 3. The molecule has 3 aromatic carbocycles. The normalized spacial score (nSPS) is 10.1. The molecule has 0 atom stereocenters. The smallest absolute Gasteiger partial charge is 0.251 e. The Bertz CT molecular complexity index is 1140. The molecule has 0 aliphatic carbocycles. The molecule has 3 N–H and O–H groups in total. The molecule has 3 aromatic rings. The third-order valence-corrected chi connectivity index (χ3v) is 4.66. The topological polar surface area (TPSA) is 111 Å². The quantitative estimate of drug-likeness (QED) is 0.452. The molecular formula is C25H23N3O4. The number of benzene rings is 3. The number of phenolic OH excluding ortho intramolecular Hbond substituents is 1. The van der Waals surface area contributed by atoms with Gasteiger partial charge in [0.25, 0.3) is 11.8 Å². The Morgan fingerprint density at radius 3 is 2.22 bits per heavy atom. The Labute approximate surface area is 186 Å². The third kappa shape index (κ3) is 6.34. The van der Waals surface area contributed by atoms with Crippen LogP contribution in [0.2, 0.25) is 0 Å². The minimum atomic E-state index is -0.282. The van der Waals surface area contributed by atoms with E-state index in [-0.39, 0.29) is 24.2 Å². The first-order valence-corrected chi connectivity index (χ1v) is 10.1. The van der Waals surface area contributed by atoms with Crippen LogP contribution in [0.25, 0.3) is 0 Å². The molecule has 0 spiro atoms. The van der Waals surface area contributed by atoms with Crippen LogP contribution in [-0.4, -0.2) is 30.0 Å². The molecule has 7 heteroatoms. The lowest BCUT2D eigenvalue weighted by molar-refractivity contribution is 0.0951. The molecule has 32 heavy (non-hydrogen) atoms. The van der Waals surface area contributed by atoms with E-state index in [2.05, 4.69) is 16.7 Å². The van der Waals surface area contributed by atoms with Crippen molar-refractivity contribution in [2.45, 2.75) is 13.0 Å². The Kier molecular flexibility index (Phi) is 7.82. The first-order chi connectivity index (χ1) is 15.6. The highest BCUT2D eigenvalue weighted by molar-refractivity contribution is 5.95. The Morgan fingerprint density at radius 1 is 0.875 bits per heavy atom. The van der Waals surface area contributed by atoms with Gasteiger partial charge in [-0.15, -0.1) is 0 Å². The van der Waals surface area contributed by atoms with E-state index in [4.69, 9.17) is 10.00 Å². The van der Waals surface area contributed by atoms with E-state index < -0.39 is 0 Å². The number of nitrogens with one attached hydrogen (secondary N) is 2. The first-order valence-electron chi connectivity index (χ1n) is 10.1. The van der Waals surface area contributed by atoms with E-state index in [1.807, 2.05) is 12.1 Å². The van der Waals surface area contributed by atoms with E-state index in [1.165, 1.54) is 12.1 Å². The molecule has 0 aliphatic heterocycles. The van der Waals surface area contributed by atoms with Crippen LogP contribution in [0.3, 0.4) is 0 Å².